The van der Waals surface area contributed by atoms with Crippen molar-refractivity contribution in [2.24, 2.45) is 4.99 Å². The van der Waals surface area contributed by atoms with Gasteiger partial charge in [0.1, 0.15) is 6.54 Å². The van der Waals surface area contributed by atoms with Crippen molar-refractivity contribution in [1.82, 2.24) is 4.57 Å². The summed E-state index contributed by atoms with van der Waals surface area (Å²) in [6.07, 6.45) is 0. The Balaban J connectivity index is 1.70. The lowest BCUT2D eigenvalue weighted by molar-refractivity contribution is -0.143. The van der Waals surface area contributed by atoms with Crippen molar-refractivity contribution in [2.45, 2.75) is 39.1 Å². The van der Waals surface area contributed by atoms with Crippen LogP contribution in [-0.2, 0) is 26.1 Å². The monoisotopic (exact) mass is 551 g/mol. The SMILES string of the molecule is CCOC(=O)Cn1c(=NC(=O)c2ccc(S(=O)(=O)N(CC)c3ccccc3)cc2)sc2cc(C)c(C)cc21. The molecule has 0 N–H and O–H groups in total. The number of para-hydroxylation sites is 1. The number of amides is 1. The summed E-state index contributed by atoms with van der Waals surface area (Å²) >= 11 is 1.31. The number of esters is 1. The number of fused-ring (bicyclic) bond motifs is 1. The molecule has 0 aliphatic carbocycles. The fourth-order valence-corrected chi connectivity index (χ4v) is 6.61. The number of sulfonamides is 1. The normalized spacial score (nSPS) is 12.1. The molecule has 3 aromatic carbocycles. The van der Waals surface area contributed by atoms with Gasteiger partial charge in [-0.15, -0.1) is 0 Å². The largest absolute Gasteiger partial charge is 0.465 e. The molecule has 1 heterocycles. The van der Waals surface area contributed by atoms with Crippen LogP contribution in [0.15, 0.2) is 76.6 Å². The van der Waals surface area contributed by atoms with E-state index in [1.165, 1.54) is 39.9 Å². The van der Waals surface area contributed by atoms with E-state index in [1.54, 1.807) is 42.7 Å². The summed E-state index contributed by atoms with van der Waals surface area (Å²) in [5, 5.41) is 0. The lowest BCUT2D eigenvalue weighted by Gasteiger charge is -2.22. The highest BCUT2D eigenvalue weighted by molar-refractivity contribution is 7.92. The van der Waals surface area contributed by atoms with E-state index in [-0.39, 0.29) is 30.2 Å². The molecule has 0 saturated carbocycles. The van der Waals surface area contributed by atoms with Crippen molar-refractivity contribution < 1.29 is 22.7 Å². The average Bonchev–Trinajstić information content (AvgIpc) is 3.20. The molecule has 0 bridgehead atoms. The summed E-state index contributed by atoms with van der Waals surface area (Å²) in [5.41, 5.74) is 3.73. The maximum atomic E-state index is 13.3. The predicted molar refractivity (Wildman–Crippen MR) is 149 cm³/mol. The Morgan fingerprint density at radius 1 is 0.974 bits per heavy atom. The molecule has 0 radical (unpaired) electrons. The number of aryl methyl sites for hydroxylation is 2. The van der Waals surface area contributed by atoms with E-state index in [4.69, 9.17) is 4.74 Å². The zero-order chi connectivity index (χ0) is 27.4. The van der Waals surface area contributed by atoms with E-state index in [1.807, 2.05) is 32.0 Å². The third-order valence-corrected chi connectivity index (χ3v) is 9.07. The van der Waals surface area contributed by atoms with Gasteiger partial charge >= 0.3 is 5.97 Å². The van der Waals surface area contributed by atoms with Crippen molar-refractivity contribution in [3.63, 3.8) is 0 Å². The molecule has 1 amide bonds. The van der Waals surface area contributed by atoms with E-state index in [9.17, 15) is 18.0 Å². The quantitative estimate of drug-likeness (QED) is 0.292. The van der Waals surface area contributed by atoms with Crippen LogP contribution in [0.1, 0.15) is 35.3 Å². The topological polar surface area (TPSA) is 98.0 Å². The van der Waals surface area contributed by atoms with E-state index in [0.29, 0.717) is 10.5 Å². The van der Waals surface area contributed by atoms with Gasteiger partial charge in [-0.25, -0.2) is 8.42 Å². The molecule has 8 nitrogen and oxygen atoms in total. The van der Waals surface area contributed by atoms with Crippen LogP contribution in [0.5, 0.6) is 0 Å². The van der Waals surface area contributed by atoms with Gasteiger partial charge in [0.25, 0.3) is 15.9 Å². The molecule has 0 unspecified atom stereocenters. The van der Waals surface area contributed by atoms with Gasteiger partial charge < -0.3 is 9.30 Å². The maximum absolute atomic E-state index is 13.3. The van der Waals surface area contributed by atoms with Crippen LogP contribution in [0.25, 0.3) is 10.2 Å². The van der Waals surface area contributed by atoms with Crippen LogP contribution in [-0.4, -0.2) is 38.0 Å². The standard InChI is InChI=1S/C28H29N3O5S2/c1-5-31(22-10-8-7-9-11-22)38(34,35)23-14-12-21(13-15-23)27(33)29-28-30(18-26(32)36-6-2)24-16-19(3)20(4)17-25(24)37-28/h7-17H,5-6,18H2,1-4H3. The third kappa shape index (κ3) is 5.56. The van der Waals surface area contributed by atoms with Gasteiger partial charge in [-0.05, 0) is 87.4 Å². The third-order valence-electron chi connectivity index (χ3n) is 6.11. The number of rotatable bonds is 8. The highest BCUT2D eigenvalue weighted by atomic mass is 32.2. The van der Waals surface area contributed by atoms with E-state index in [2.05, 4.69) is 4.99 Å². The molecule has 10 heteroatoms. The predicted octanol–water partition coefficient (Wildman–Crippen LogP) is 4.84. The maximum Gasteiger partial charge on any atom is 0.326 e. The smallest absolute Gasteiger partial charge is 0.326 e. The van der Waals surface area contributed by atoms with Gasteiger partial charge in [-0.2, -0.15) is 4.99 Å². The van der Waals surface area contributed by atoms with Crippen molar-refractivity contribution >= 4 is 49.1 Å². The zero-order valence-corrected chi connectivity index (χ0v) is 23.3. The van der Waals surface area contributed by atoms with Crippen LogP contribution < -0.4 is 9.11 Å². The Bertz CT molecular complexity index is 1650. The van der Waals surface area contributed by atoms with Crippen molar-refractivity contribution in [1.29, 1.82) is 0 Å². The van der Waals surface area contributed by atoms with Gasteiger partial charge in [0.15, 0.2) is 4.80 Å². The number of ether oxygens (including phenoxy) is 1. The van der Waals surface area contributed by atoms with Crippen molar-refractivity contribution in [3.8, 4) is 0 Å². The second-order valence-corrected chi connectivity index (χ2v) is 11.5. The Labute approximate surface area is 225 Å². The number of anilines is 1. The Morgan fingerprint density at radius 3 is 2.26 bits per heavy atom. The van der Waals surface area contributed by atoms with Crippen LogP contribution in [0.3, 0.4) is 0 Å². The van der Waals surface area contributed by atoms with Gasteiger partial charge in [0, 0.05) is 12.1 Å². The van der Waals surface area contributed by atoms with Crippen LogP contribution >= 0.6 is 11.3 Å². The Kier molecular flexibility index (Phi) is 8.13. The minimum atomic E-state index is -3.82. The first-order valence-corrected chi connectivity index (χ1v) is 14.4. The van der Waals surface area contributed by atoms with Gasteiger partial charge in [-0.3, -0.25) is 13.9 Å². The summed E-state index contributed by atoms with van der Waals surface area (Å²) in [5.74, 6) is -0.963. The lowest BCUT2D eigenvalue weighted by Crippen LogP contribution is -2.30. The molecule has 0 saturated heterocycles. The molecule has 0 atom stereocenters. The summed E-state index contributed by atoms with van der Waals surface area (Å²) in [6, 6.07) is 18.6. The molecule has 38 heavy (non-hydrogen) atoms. The minimum absolute atomic E-state index is 0.0740. The van der Waals surface area contributed by atoms with Crippen LogP contribution in [0.4, 0.5) is 5.69 Å². The summed E-state index contributed by atoms with van der Waals surface area (Å²) in [6.45, 7) is 7.91. The number of hydrogen-bond acceptors (Lipinski definition) is 6. The number of nitrogens with zero attached hydrogens (tertiary/aromatic N) is 3. The molecule has 0 aliphatic heterocycles. The van der Waals surface area contributed by atoms with E-state index >= 15 is 0 Å². The summed E-state index contributed by atoms with van der Waals surface area (Å²) < 4.78 is 35.5. The van der Waals surface area contributed by atoms with Crippen molar-refractivity contribution in [3.05, 3.63) is 88.2 Å². The number of thiazole rings is 1. The van der Waals surface area contributed by atoms with E-state index < -0.39 is 21.9 Å². The molecular formula is C28H29N3O5S2. The first kappa shape index (κ1) is 27.3. The molecule has 0 spiro atoms. The second-order valence-electron chi connectivity index (χ2n) is 8.63. The lowest BCUT2D eigenvalue weighted by atomic mass is 10.1. The molecule has 0 aliphatic rings. The molecular weight excluding hydrogens is 522 g/mol. The molecule has 4 aromatic rings. The fourth-order valence-electron chi connectivity index (χ4n) is 4.03. The van der Waals surface area contributed by atoms with Crippen molar-refractivity contribution in [2.75, 3.05) is 17.5 Å². The van der Waals surface area contributed by atoms with Gasteiger partial charge in [0.05, 0.1) is 27.4 Å². The number of aromatic nitrogens is 1. The summed E-state index contributed by atoms with van der Waals surface area (Å²) in [4.78, 5) is 30.2. The zero-order valence-electron chi connectivity index (χ0n) is 21.7. The highest BCUT2D eigenvalue weighted by Gasteiger charge is 2.24. The van der Waals surface area contributed by atoms with Gasteiger partial charge in [-0.1, -0.05) is 29.5 Å². The second kappa shape index (κ2) is 11.3. The Morgan fingerprint density at radius 2 is 1.63 bits per heavy atom. The van der Waals surface area contributed by atoms with Gasteiger partial charge in [0.2, 0.25) is 0 Å². The molecule has 0 fully saturated rings. The molecule has 4 rings (SSSR count). The van der Waals surface area contributed by atoms with Crippen LogP contribution in [0, 0.1) is 13.8 Å². The fraction of sp³-hybridized carbons (Fsp3) is 0.250. The van der Waals surface area contributed by atoms with E-state index in [0.717, 1.165) is 21.3 Å². The number of benzene rings is 3. The van der Waals surface area contributed by atoms with Crippen LogP contribution in [0.2, 0.25) is 0 Å². The molecule has 1 aromatic heterocycles. The minimum Gasteiger partial charge on any atom is -0.465 e. The molecule has 198 valence electrons. The number of carbonyl (C=O) groups is 2. The number of carbonyl (C=O) groups excluding carboxylic acids is 2. The Hall–Kier alpha value is -3.76. The first-order valence-electron chi connectivity index (χ1n) is 12.2. The average molecular weight is 552 g/mol. The first-order chi connectivity index (χ1) is 18.1. The number of hydrogen-bond donors (Lipinski definition) is 0. The highest BCUT2D eigenvalue weighted by Crippen LogP contribution is 2.24. The summed E-state index contributed by atoms with van der Waals surface area (Å²) in [7, 11) is -3.82.